The third kappa shape index (κ3) is 4.64. The second-order valence-corrected chi connectivity index (χ2v) is 5.61. The minimum Gasteiger partial charge on any atom is -0.347 e. The summed E-state index contributed by atoms with van der Waals surface area (Å²) in [6.45, 7) is 2.58. The van der Waals surface area contributed by atoms with E-state index >= 15 is 0 Å². The van der Waals surface area contributed by atoms with E-state index < -0.39 is 0 Å². The molecular formula is C20H20N4O. The summed E-state index contributed by atoms with van der Waals surface area (Å²) in [5.41, 5.74) is 3.53. The lowest BCUT2D eigenvalue weighted by Gasteiger charge is -2.08. The van der Waals surface area contributed by atoms with Crippen LogP contribution in [-0.2, 0) is 13.0 Å². The van der Waals surface area contributed by atoms with Gasteiger partial charge in [0.05, 0.1) is 0 Å². The predicted molar refractivity (Wildman–Crippen MR) is 98.7 cm³/mol. The van der Waals surface area contributed by atoms with Crippen molar-refractivity contribution in [2.24, 2.45) is 0 Å². The highest BCUT2D eigenvalue weighted by atomic mass is 16.1. The van der Waals surface area contributed by atoms with Crippen molar-refractivity contribution in [2.75, 3.05) is 5.32 Å². The molecule has 0 aliphatic carbocycles. The molecule has 0 fully saturated rings. The van der Waals surface area contributed by atoms with Gasteiger partial charge >= 0.3 is 0 Å². The normalized spacial score (nSPS) is 10.3. The number of aryl methyl sites for hydroxylation is 1. The number of benzene rings is 2. The predicted octanol–water partition coefficient (Wildman–Crippen LogP) is 3.71. The Bertz CT molecular complexity index is 832. The molecule has 126 valence electrons. The first-order chi connectivity index (χ1) is 12.2. The van der Waals surface area contributed by atoms with Crippen molar-refractivity contribution in [3.8, 4) is 0 Å². The van der Waals surface area contributed by atoms with E-state index in [1.165, 1.54) is 5.56 Å². The van der Waals surface area contributed by atoms with Crippen molar-refractivity contribution in [1.29, 1.82) is 0 Å². The van der Waals surface area contributed by atoms with Crippen LogP contribution in [0.2, 0.25) is 0 Å². The van der Waals surface area contributed by atoms with Gasteiger partial charge in [-0.3, -0.25) is 4.79 Å². The fourth-order valence-corrected chi connectivity index (χ4v) is 2.37. The molecule has 3 aromatic rings. The highest BCUT2D eigenvalue weighted by Crippen LogP contribution is 2.14. The number of carbonyl (C=O) groups is 1. The van der Waals surface area contributed by atoms with Gasteiger partial charge in [-0.15, -0.1) is 0 Å². The summed E-state index contributed by atoms with van der Waals surface area (Å²) in [4.78, 5) is 20.7. The van der Waals surface area contributed by atoms with E-state index in [0.717, 1.165) is 17.7 Å². The van der Waals surface area contributed by atoms with Crippen molar-refractivity contribution in [2.45, 2.75) is 19.9 Å². The summed E-state index contributed by atoms with van der Waals surface area (Å²) in [5, 5.41) is 5.99. The molecule has 2 N–H and O–H groups in total. The molecule has 0 spiro atoms. The number of amides is 1. The molecule has 1 amide bonds. The number of anilines is 2. The van der Waals surface area contributed by atoms with E-state index in [-0.39, 0.29) is 5.91 Å². The molecule has 0 aliphatic rings. The lowest BCUT2D eigenvalue weighted by molar-refractivity contribution is 0.0946. The monoisotopic (exact) mass is 332 g/mol. The zero-order valence-electron chi connectivity index (χ0n) is 14.1. The Morgan fingerprint density at radius 2 is 1.72 bits per heavy atom. The maximum Gasteiger partial charge on any atom is 0.270 e. The summed E-state index contributed by atoms with van der Waals surface area (Å²) in [5.74, 6) is 0.173. The van der Waals surface area contributed by atoms with Crippen LogP contribution in [-0.4, -0.2) is 15.9 Å². The van der Waals surface area contributed by atoms with Crippen LogP contribution in [0.1, 0.15) is 28.5 Å². The van der Waals surface area contributed by atoms with E-state index in [0.29, 0.717) is 18.2 Å². The second kappa shape index (κ2) is 8.06. The lowest BCUT2D eigenvalue weighted by atomic mass is 10.1. The second-order valence-electron chi connectivity index (χ2n) is 5.61. The zero-order chi connectivity index (χ0) is 17.5. The van der Waals surface area contributed by atoms with Crippen LogP contribution in [0.5, 0.6) is 0 Å². The van der Waals surface area contributed by atoms with Gasteiger partial charge in [0.15, 0.2) is 0 Å². The Hall–Kier alpha value is -3.21. The minimum atomic E-state index is -0.226. The van der Waals surface area contributed by atoms with E-state index in [1.54, 1.807) is 12.3 Å². The van der Waals surface area contributed by atoms with Crippen LogP contribution in [0.4, 0.5) is 11.6 Å². The third-order valence-corrected chi connectivity index (χ3v) is 3.80. The summed E-state index contributed by atoms with van der Waals surface area (Å²) >= 11 is 0. The van der Waals surface area contributed by atoms with Gasteiger partial charge in [0.1, 0.15) is 5.69 Å². The molecule has 0 saturated heterocycles. The Morgan fingerprint density at radius 3 is 2.44 bits per heavy atom. The van der Waals surface area contributed by atoms with Gasteiger partial charge in [0.2, 0.25) is 5.95 Å². The number of nitrogens with zero attached hydrogens (tertiary/aromatic N) is 2. The van der Waals surface area contributed by atoms with E-state index in [9.17, 15) is 4.79 Å². The first-order valence-electron chi connectivity index (χ1n) is 8.25. The standard InChI is InChI=1S/C20H20N4O/c1-2-15-8-10-17(11-9-15)23-20-21-13-12-18(24-20)19(25)22-14-16-6-4-3-5-7-16/h3-13H,2,14H2,1H3,(H,22,25)(H,21,23,24). The smallest absolute Gasteiger partial charge is 0.270 e. The Balaban J connectivity index is 1.64. The summed E-state index contributed by atoms with van der Waals surface area (Å²) in [7, 11) is 0. The molecular weight excluding hydrogens is 312 g/mol. The molecule has 0 unspecified atom stereocenters. The van der Waals surface area contributed by atoms with Gasteiger partial charge in [-0.2, -0.15) is 0 Å². The first-order valence-corrected chi connectivity index (χ1v) is 8.25. The molecule has 5 nitrogen and oxygen atoms in total. The van der Waals surface area contributed by atoms with Crippen LogP contribution >= 0.6 is 0 Å². The van der Waals surface area contributed by atoms with Crippen molar-refractivity contribution >= 4 is 17.5 Å². The molecule has 2 aromatic carbocycles. The molecule has 1 aromatic heterocycles. The number of nitrogens with one attached hydrogen (secondary N) is 2. The SMILES string of the molecule is CCc1ccc(Nc2nccc(C(=O)NCc3ccccc3)n2)cc1. The molecule has 3 rings (SSSR count). The molecule has 0 bridgehead atoms. The zero-order valence-corrected chi connectivity index (χ0v) is 14.1. The average Bonchev–Trinajstić information content (AvgIpc) is 2.68. The maximum atomic E-state index is 12.3. The van der Waals surface area contributed by atoms with E-state index in [1.807, 2.05) is 42.5 Å². The Kier molecular flexibility index (Phi) is 5.36. The highest BCUT2D eigenvalue weighted by molar-refractivity contribution is 5.92. The molecule has 0 radical (unpaired) electrons. The summed E-state index contributed by atoms with van der Waals surface area (Å²) in [6.07, 6.45) is 2.57. The van der Waals surface area contributed by atoms with Gasteiger partial charge < -0.3 is 10.6 Å². The number of aromatic nitrogens is 2. The largest absolute Gasteiger partial charge is 0.347 e. The van der Waals surface area contributed by atoms with Crippen LogP contribution in [0.3, 0.4) is 0 Å². The number of hydrogen-bond donors (Lipinski definition) is 2. The minimum absolute atomic E-state index is 0.226. The van der Waals surface area contributed by atoms with Crippen molar-refractivity contribution in [3.05, 3.63) is 83.7 Å². The van der Waals surface area contributed by atoms with E-state index in [4.69, 9.17) is 0 Å². The van der Waals surface area contributed by atoms with Crippen molar-refractivity contribution in [3.63, 3.8) is 0 Å². The quantitative estimate of drug-likeness (QED) is 0.722. The van der Waals surface area contributed by atoms with Gasteiger partial charge in [0, 0.05) is 18.4 Å². The fourth-order valence-electron chi connectivity index (χ4n) is 2.37. The van der Waals surface area contributed by atoms with Gasteiger partial charge in [-0.05, 0) is 35.7 Å². The lowest BCUT2D eigenvalue weighted by Crippen LogP contribution is -2.24. The van der Waals surface area contributed by atoms with Gasteiger partial charge in [-0.1, -0.05) is 49.4 Å². The van der Waals surface area contributed by atoms with Crippen LogP contribution in [0.15, 0.2) is 66.9 Å². The van der Waals surface area contributed by atoms with Gasteiger partial charge in [-0.25, -0.2) is 9.97 Å². The van der Waals surface area contributed by atoms with Crippen molar-refractivity contribution in [1.82, 2.24) is 15.3 Å². The first kappa shape index (κ1) is 16.6. The summed E-state index contributed by atoms with van der Waals surface area (Å²) < 4.78 is 0. The highest BCUT2D eigenvalue weighted by Gasteiger charge is 2.08. The van der Waals surface area contributed by atoms with Crippen LogP contribution in [0, 0.1) is 0 Å². The fraction of sp³-hybridized carbons (Fsp3) is 0.150. The molecule has 5 heteroatoms. The molecule has 0 atom stereocenters. The molecule has 25 heavy (non-hydrogen) atoms. The Morgan fingerprint density at radius 1 is 0.960 bits per heavy atom. The molecule has 1 heterocycles. The molecule has 0 aliphatic heterocycles. The topological polar surface area (TPSA) is 66.9 Å². The number of rotatable bonds is 6. The third-order valence-electron chi connectivity index (χ3n) is 3.80. The average molecular weight is 332 g/mol. The van der Waals surface area contributed by atoms with Crippen molar-refractivity contribution < 1.29 is 4.79 Å². The maximum absolute atomic E-state index is 12.3. The summed E-state index contributed by atoms with van der Waals surface area (Å²) in [6, 6.07) is 19.4. The van der Waals surface area contributed by atoms with E-state index in [2.05, 4.69) is 39.7 Å². The van der Waals surface area contributed by atoms with Crippen LogP contribution < -0.4 is 10.6 Å². The number of hydrogen-bond acceptors (Lipinski definition) is 4. The Labute approximate surface area is 147 Å². The van der Waals surface area contributed by atoms with Gasteiger partial charge in [0.25, 0.3) is 5.91 Å². The number of carbonyl (C=O) groups excluding carboxylic acids is 1. The van der Waals surface area contributed by atoms with Crippen LogP contribution in [0.25, 0.3) is 0 Å². The molecule has 0 saturated carbocycles.